The fourth-order valence-electron chi connectivity index (χ4n) is 3.22. The second kappa shape index (κ2) is 8.33. The zero-order valence-corrected chi connectivity index (χ0v) is 16.5. The van der Waals surface area contributed by atoms with Crippen LogP contribution in [0.1, 0.15) is 31.3 Å². The number of nitrogens with zero attached hydrogens (tertiary/aromatic N) is 2. The summed E-state index contributed by atoms with van der Waals surface area (Å²) < 4.78 is 0. The Morgan fingerprint density at radius 1 is 0.964 bits per heavy atom. The number of carbonyl (C=O) groups excluding carboxylic acids is 3. The number of para-hydroxylation sites is 1. The third kappa shape index (κ3) is 4.44. The van der Waals surface area contributed by atoms with Crippen molar-refractivity contribution in [3.63, 3.8) is 0 Å². The number of hydrogen-bond acceptors (Lipinski definition) is 3. The number of amides is 4. The zero-order valence-electron chi connectivity index (χ0n) is 16.5. The SMILES string of the molecule is CC(C)NC(=O)[C@@H](C)NC(=O)N1CCN(C(=O)c2cc3ccccc3[nH]2)CC1. The molecule has 1 fully saturated rings. The molecule has 8 nitrogen and oxygen atoms in total. The lowest BCUT2D eigenvalue weighted by Gasteiger charge is -2.35. The fourth-order valence-corrected chi connectivity index (χ4v) is 3.22. The smallest absolute Gasteiger partial charge is 0.318 e. The molecule has 3 rings (SSSR count). The van der Waals surface area contributed by atoms with E-state index in [0.29, 0.717) is 31.9 Å². The van der Waals surface area contributed by atoms with Gasteiger partial charge in [0.2, 0.25) is 5.91 Å². The lowest BCUT2D eigenvalue weighted by molar-refractivity contribution is -0.123. The molecule has 3 N–H and O–H groups in total. The van der Waals surface area contributed by atoms with E-state index in [-0.39, 0.29) is 23.9 Å². The van der Waals surface area contributed by atoms with Crippen LogP contribution >= 0.6 is 0 Å². The van der Waals surface area contributed by atoms with Crippen molar-refractivity contribution in [2.24, 2.45) is 0 Å². The predicted molar refractivity (Wildman–Crippen MR) is 107 cm³/mol. The molecule has 0 aliphatic carbocycles. The molecule has 150 valence electrons. The van der Waals surface area contributed by atoms with Gasteiger partial charge in [-0.25, -0.2) is 4.79 Å². The van der Waals surface area contributed by atoms with Gasteiger partial charge in [-0.3, -0.25) is 9.59 Å². The van der Waals surface area contributed by atoms with E-state index in [2.05, 4.69) is 15.6 Å². The van der Waals surface area contributed by atoms with Gasteiger partial charge in [0, 0.05) is 43.1 Å². The number of rotatable bonds is 4. The molecule has 1 aromatic heterocycles. The first-order valence-electron chi connectivity index (χ1n) is 9.58. The molecule has 8 heteroatoms. The van der Waals surface area contributed by atoms with E-state index >= 15 is 0 Å². The van der Waals surface area contributed by atoms with Crippen molar-refractivity contribution in [1.29, 1.82) is 0 Å². The summed E-state index contributed by atoms with van der Waals surface area (Å²) in [5.74, 6) is -0.281. The molecule has 0 radical (unpaired) electrons. The Labute approximate surface area is 164 Å². The van der Waals surface area contributed by atoms with Crippen LogP contribution in [0.15, 0.2) is 30.3 Å². The van der Waals surface area contributed by atoms with Gasteiger partial charge in [0.05, 0.1) is 0 Å². The van der Waals surface area contributed by atoms with E-state index in [4.69, 9.17) is 0 Å². The first-order valence-corrected chi connectivity index (χ1v) is 9.58. The number of nitrogens with one attached hydrogen (secondary N) is 3. The first-order chi connectivity index (χ1) is 13.3. The third-order valence-electron chi connectivity index (χ3n) is 4.78. The number of benzene rings is 1. The summed E-state index contributed by atoms with van der Waals surface area (Å²) in [4.78, 5) is 43.6. The van der Waals surface area contributed by atoms with E-state index in [1.54, 1.807) is 16.7 Å². The number of hydrogen-bond donors (Lipinski definition) is 3. The van der Waals surface area contributed by atoms with Crippen LogP contribution in [0.4, 0.5) is 4.79 Å². The minimum atomic E-state index is -0.610. The van der Waals surface area contributed by atoms with Crippen LogP contribution in [0.3, 0.4) is 0 Å². The molecule has 2 aromatic rings. The Balaban J connectivity index is 1.53. The summed E-state index contributed by atoms with van der Waals surface area (Å²) in [6.07, 6.45) is 0. The topological polar surface area (TPSA) is 97.5 Å². The van der Waals surface area contributed by atoms with Gasteiger partial charge in [0.1, 0.15) is 11.7 Å². The highest BCUT2D eigenvalue weighted by Gasteiger charge is 2.27. The number of aromatic nitrogens is 1. The molecule has 1 aliphatic heterocycles. The third-order valence-corrected chi connectivity index (χ3v) is 4.78. The van der Waals surface area contributed by atoms with Gasteiger partial charge in [-0.15, -0.1) is 0 Å². The molecule has 1 atom stereocenters. The number of piperazine rings is 1. The van der Waals surface area contributed by atoms with Gasteiger partial charge in [-0.05, 0) is 32.9 Å². The summed E-state index contributed by atoms with van der Waals surface area (Å²) in [6.45, 7) is 7.16. The Morgan fingerprint density at radius 2 is 1.61 bits per heavy atom. The highest BCUT2D eigenvalue weighted by atomic mass is 16.2. The quantitative estimate of drug-likeness (QED) is 0.745. The number of fused-ring (bicyclic) bond motifs is 1. The average molecular weight is 385 g/mol. The molecule has 1 aliphatic rings. The van der Waals surface area contributed by atoms with Gasteiger partial charge >= 0.3 is 6.03 Å². The van der Waals surface area contributed by atoms with Crippen LogP contribution in [0.25, 0.3) is 10.9 Å². The van der Waals surface area contributed by atoms with E-state index in [1.807, 2.05) is 44.2 Å². The van der Waals surface area contributed by atoms with Crippen LogP contribution in [-0.2, 0) is 4.79 Å². The molecular formula is C20H27N5O3. The van der Waals surface area contributed by atoms with Gasteiger partial charge < -0.3 is 25.4 Å². The summed E-state index contributed by atoms with van der Waals surface area (Å²) in [5, 5.41) is 6.48. The minimum absolute atomic E-state index is 0.0195. The lowest BCUT2D eigenvalue weighted by atomic mass is 10.2. The fraction of sp³-hybridized carbons (Fsp3) is 0.450. The van der Waals surface area contributed by atoms with Gasteiger partial charge in [0.25, 0.3) is 5.91 Å². The minimum Gasteiger partial charge on any atom is -0.352 e. The number of H-pyrrole nitrogens is 1. The van der Waals surface area contributed by atoms with E-state index in [0.717, 1.165) is 10.9 Å². The van der Waals surface area contributed by atoms with Crippen molar-refractivity contribution >= 4 is 28.7 Å². The van der Waals surface area contributed by atoms with Crippen molar-refractivity contribution in [3.05, 3.63) is 36.0 Å². The number of carbonyl (C=O) groups is 3. The Kier molecular flexibility index (Phi) is 5.87. The van der Waals surface area contributed by atoms with E-state index in [1.165, 1.54) is 0 Å². The predicted octanol–water partition coefficient (Wildman–Crippen LogP) is 1.55. The largest absolute Gasteiger partial charge is 0.352 e. The number of aromatic amines is 1. The van der Waals surface area contributed by atoms with Crippen LogP contribution in [-0.4, -0.2) is 70.9 Å². The molecule has 2 heterocycles. The second-order valence-electron chi connectivity index (χ2n) is 7.38. The van der Waals surface area contributed by atoms with Crippen LogP contribution in [0.2, 0.25) is 0 Å². The Bertz CT molecular complexity index is 835. The molecule has 1 saturated heterocycles. The number of urea groups is 1. The molecule has 0 unspecified atom stereocenters. The van der Waals surface area contributed by atoms with Crippen molar-refractivity contribution in [2.75, 3.05) is 26.2 Å². The van der Waals surface area contributed by atoms with Crippen LogP contribution in [0, 0.1) is 0 Å². The van der Waals surface area contributed by atoms with E-state index in [9.17, 15) is 14.4 Å². The molecule has 0 spiro atoms. The highest BCUT2D eigenvalue weighted by Crippen LogP contribution is 2.17. The van der Waals surface area contributed by atoms with Crippen molar-refractivity contribution in [3.8, 4) is 0 Å². The summed E-state index contributed by atoms with van der Waals surface area (Å²) in [7, 11) is 0. The maximum atomic E-state index is 12.7. The maximum absolute atomic E-state index is 12.7. The standard InChI is InChI=1S/C20H27N5O3/c1-13(2)21-18(26)14(3)22-20(28)25-10-8-24(9-11-25)19(27)17-12-15-6-4-5-7-16(15)23-17/h4-7,12-14,23H,8-11H2,1-3H3,(H,21,26)(H,22,28)/t14-/m1/s1. The van der Waals surface area contributed by atoms with Crippen LogP contribution < -0.4 is 10.6 Å². The molecule has 4 amide bonds. The Morgan fingerprint density at radius 3 is 2.25 bits per heavy atom. The molecule has 1 aromatic carbocycles. The van der Waals surface area contributed by atoms with Crippen molar-refractivity contribution in [2.45, 2.75) is 32.9 Å². The van der Waals surface area contributed by atoms with Gasteiger partial charge in [-0.2, -0.15) is 0 Å². The lowest BCUT2D eigenvalue weighted by Crippen LogP contribution is -2.56. The normalized spacial score (nSPS) is 15.6. The summed E-state index contributed by atoms with van der Waals surface area (Å²) in [5.41, 5.74) is 1.48. The van der Waals surface area contributed by atoms with Crippen molar-refractivity contribution < 1.29 is 14.4 Å². The van der Waals surface area contributed by atoms with Crippen molar-refractivity contribution in [1.82, 2.24) is 25.4 Å². The first kappa shape index (κ1) is 19.7. The summed E-state index contributed by atoms with van der Waals surface area (Å²) in [6, 6.07) is 8.73. The van der Waals surface area contributed by atoms with Gasteiger partial charge in [-0.1, -0.05) is 18.2 Å². The second-order valence-corrected chi connectivity index (χ2v) is 7.38. The Hall–Kier alpha value is -3.03. The van der Waals surface area contributed by atoms with Crippen LogP contribution in [0.5, 0.6) is 0 Å². The highest BCUT2D eigenvalue weighted by molar-refractivity contribution is 5.98. The zero-order chi connectivity index (χ0) is 20.3. The van der Waals surface area contributed by atoms with E-state index < -0.39 is 6.04 Å². The average Bonchev–Trinajstić information content (AvgIpc) is 3.11. The molecule has 0 bridgehead atoms. The molecule has 28 heavy (non-hydrogen) atoms. The van der Waals surface area contributed by atoms with Gasteiger partial charge in [0.15, 0.2) is 0 Å². The molecular weight excluding hydrogens is 358 g/mol. The summed E-state index contributed by atoms with van der Waals surface area (Å²) >= 11 is 0. The maximum Gasteiger partial charge on any atom is 0.318 e. The molecule has 0 saturated carbocycles. The monoisotopic (exact) mass is 385 g/mol.